The highest BCUT2D eigenvalue weighted by Gasteiger charge is 1.99. The van der Waals surface area contributed by atoms with Gasteiger partial charge in [-0.15, -0.1) is 11.8 Å². The van der Waals surface area contributed by atoms with Gasteiger partial charge >= 0.3 is 0 Å². The largest absolute Gasteiger partial charge is 0.497 e. The summed E-state index contributed by atoms with van der Waals surface area (Å²) in [6.07, 6.45) is 1.19. The summed E-state index contributed by atoms with van der Waals surface area (Å²) < 4.78 is 5.11. The van der Waals surface area contributed by atoms with Crippen molar-refractivity contribution in [2.45, 2.75) is 24.3 Å². The molecule has 1 atom stereocenters. The number of thioether (sulfide) groups is 1. The van der Waals surface area contributed by atoms with Crippen molar-refractivity contribution in [3.63, 3.8) is 0 Å². The van der Waals surface area contributed by atoms with Crippen LogP contribution < -0.4 is 10.1 Å². The van der Waals surface area contributed by atoms with Gasteiger partial charge in [-0.05, 0) is 50.4 Å². The molecule has 0 amide bonds. The molecule has 0 fully saturated rings. The van der Waals surface area contributed by atoms with Crippen molar-refractivity contribution in [1.29, 1.82) is 0 Å². The Morgan fingerprint density at radius 3 is 2.53 bits per heavy atom. The van der Waals surface area contributed by atoms with Gasteiger partial charge in [-0.25, -0.2) is 0 Å². The molecule has 0 radical (unpaired) electrons. The van der Waals surface area contributed by atoms with Gasteiger partial charge in [0.2, 0.25) is 0 Å². The zero-order valence-corrected chi connectivity index (χ0v) is 10.4. The summed E-state index contributed by atoms with van der Waals surface area (Å²) >= 11 is 1.89. The van der Waals surface area contributed by atoms with E-state index in [-0.39, 0.29) is 0 Å². The first kappa shape index (κ1) is 12.4. The smallest absolute Gasteiger partial charge is 0.118 e. The van der Waals surface area contributed by atoms with E-state index in [4.69, 9.17) is 4.74 Å². The van der Waals surface area contributed by atoms with Crippen LogP contribution in [-0.2, 0) is 0 Å². The molecule has 0 aliphatic heterocycles. The van der Waals surface area contributed by atoms with Crippen LogP contribution in [0.25, 0.3) is 0 Å². The summed E-state index contributed by atoms with van der Waals surface area (Å²) in [4.78, 5) is 1.30. The Morgan fingerprint density at radius 2 is 2.00 bits per heavy atom. The summed E-state index contributed by atoms with van der Waals surface area (Å²) in [5.74, 6) is 2.07. The van der Waals surface area contributed by atoms with Crippen molar-refractivity contribution in [2.75, 3.05) is 19.9 Å². The number of hydrogen-bond donors (Lipinski definition) is 1. The number of methoxy groups -OCH3 is 1. The van der Waals surface area contributed by atoms with Crippen molar-refractivity contribution in [1.82, 2.24) is 5.32 Å². The molecule has 1 N–H and O–H groups in total. The molecule has 1 rings (SSSR count). The molecule has 1 aromatic carbocycles. The molecule has 0 aliphatic carbocycles. The first-order chi connectivity index (χ1) is 7.26. The lowest BCUT2D eigenvalue weighted by Gasteiger charge is -2.09. The third-order valence-electron chi connectivity index (χ3n) is 2.37. The highest BCUT2D eigenvalue weighted by Crippen LogP contribution is 2.22. The zero-order chi connectivity index (χ0) is 11.1. The standard InChI is InChI=1S/C12H19NOS/c1-10(13-2)8-9-15-12-6-4-11(14-3)5-7-12/h4-7,10,13H,8-9H2,1-3H3. The predicted molar refractivity (Wildman–Crippen MR) is 66.9 cm³/mol. The van der Waals surface area contributed by atoms with Gasteiger partial charge in [0.05, 0.1) is 7.11 Å². The van der Waals surface area contributed by atoms with E-state index >= 15 is 0 Å². The minimum Gasteiger partial charge on any atom is -0.497 e. The number of benzene rings is 1. The average Bonchev–Trinajstić information content (AvgIpc) is 2.29. The van der Waals surface area contributed by atoms with E-state index in [1.165, 1.54) is 11.3 Å². The fraction of sp³-hybridized carbons (Fsp3) is 0.500. The van der Waals surface area contributed by atoms with Gasteiger partial charge in [0, 0.05) is 10.9 Å². The molecule has 0 spiro atoms. The Labute approximate surface area is 96.4 Å². The van der Waals surface area contributed by atoms with E-state index in [9.17, 15) is 0 Å². The van der Waals surface area contributed by atoms with Crippen molar-refractivity contribution in [3.05, 3.63) is 24.3 Å². The van der Waals surface area contributed by atoms with E-state index in [2.05, 4.69) is 24.4 Å². The van der Waals surface area contributed by atoms with E-state index < -0.39 is 0 Å². The Hall–Kier alpha value is -0.670. The van der Waals surface area contributed by atoms with Crippen LogP contribution >= 0.6 is 11.8 Å². The molecule has 3 heteroatoms. The Balaban J connectivity index is 2.31. The van der Waals surface area contributed by atoms with Crippen molar-refractivity contribution < 1.29 is 4.74 Å². The van der Waals surface area contributed by atoms with Gasteiger partial charge < -0.3 is 10.1 Å². The number of rotatable bonds is 6. The zero-order valence-electron chi connectivity index (χ0n) is 9.62. The maximum Gasteiger partial charge on any atom is 0.118 e. The van der Waals surface area contributed by atoms with E-state index in [1.807, 2.05) is 30.9 Å². The molecular weight excluding hydrogens is 206 g/mol. The van der Waals surface area contributed by atoms with Crippen LogP contribution in [0, 0.1) is 0 Å². The first-order valence-corrected chi connectivity index (χ1v) is 6.19. The predicted octanol–water partition coefficient (Wildman–Crippen LogP) is 2.79. The molecule has 0 saturated heterocycles. The first-order valence-electron chi connectivity index (χ1n) is 5.20. The molecule has 0 aromatic heterocycles. The highest BCUT2D eigenvalue weighted by atomic mass is 32.2. The molecule has 84 valence electrons. The van der Waals surface area contributed by atoms with E-state index in [0.29, 0.717) is 6.04 Å². The third-order valence-corrected chi connectivity index (χ3v) is 3.42. The van der Waals surface area contributed by atoms with Crippen LogP contribution in [0.1, 0.15) is 13.3 Å². The molecule has 15 heavy (non-hydrogen) atoms. The van der Waals surface area contributed by atoms with Crippen LogP contribution in [0.4, 0.5) is 0 Å². The lowest BCUT2D eigenvalue weighted by atomic mass is 10.3. The van der Waals surface area contributed by atoms with E-state index in [1.54, 1.807) is 7.11 Å². The summed E-state index contributed by atoms with van der Waals surface area (Å²) in [5.41, 5.74) is 0. The summed E-state index contributed by atoms with van der Waals surface area (Å²) in [5, 5.41) is 3.24. The van der Waals surface area contributed by atoms with Crippen molar-refractivity contribution in [2.24, 2.45) is 0 Å². The molecule has 1 aromatic rings. The Morgan fingerprint density at radius 1 is 1.33 bits per heavy atom. The minimum absolute atomic E-state index is 0.593. The Bertz CT molecular complexity index is 273. The Kier molecular flexibility index (Phi) is 5.58. The lowest BCUT2D eigenvalue weighted by molar-refractivity contribution is 0.414. The van der Waals surface area contributed by atoms with Crippen LogP contribution in [0.2, 0.25) is 0 Å². The van der Waals surface area contributed by atoms with Gasteiger partial charge in [-0.3, -0.25) is 0 Å². The van der Waals surface area contributed by atoms with Crippen LogP contribution in [0.15, 0.2) is 29.2 Å². The number of nitrogens with one attached hydrogen (secondary N) is 1. The maximum absolute atomic E-state index is 5.11. The molecule has 2 nitrogen and oxygen atoms in total. The highest BCUT2D eigenvalue weighted by molar-refractivity contribution is 7.99. The SMILES string of the molecule is CNC(C)CCSc1ccc(OC)cc1. The minimum atomic E-state index is 0.593. The fourth-order valence-electron chi connectivity index (χ4n) is 1.17. The quantitative estimate of drug-likeness (QED) is 0.752. The van der Waals surface area contributed by atoms with E-state index in [0.717, 1.165) is 11.5 Å². The average molecular weight is 225 g/mol. The second kappa shape index (κ2) is 6.75. The van der Waals surface area contributed by atoms with Crippen LogP contribution in [0.3, 0.4) is 0 Å². The fourth-order valence-corrected chi connectivity index (χ4v) is 2.21. The second-order valence-corrected chi connectivity index (χ2v) is 4.67. The van der Waals surface area contributed by atoms with Gasteiger partial charge in [-0.1, -0.05) is 0 Å². The molecule has 0 aliphatic rings. The molecule has 1 unspecified atom stereocenters. The van der Waals surface area contributed by atoms with Crippen LogP contribution in [-0.4, -0.2) is 26.0 Å². The summed E-state index contributed by atoms with van der Waals surface area (Å²) in [6.45, 7) is 2.20. The number of hydrogen-bond acceptors (Lipinski definition) is 3. The van der Waals surface area contributed by atoms with Gasteiger partial charge in [0.1, 0.15) is 5.75 Å². The van der Waals surface area contributed by atoms with Gasteiger partial charge in [-0.2, -0.15) is 0 Å². The monoisotopic (exact) mass is 225 g/mol. The lowest BCUT2D eigenvalue weighted by Crippen LogP contribution is -2.21. The molecule has 0 heterocycles. The van der Waals surface area contributed by atoms with Crippen LogP contribution in [0.5, 0.6) is 5.75 Å². The van der Waals surface area contributed by atoms with Gasteiger partial charge in [0.25, 0.3) is 0 Å². The topological polar surface area (TPSA) is 21.3 Å². The third kappa shape index (κ3) is 4.58. The maximum atomic E-state index is 5.11. The second-order valence-electron chi connectivity index (χ2n) is 3.50. The van der Waals surface area contributed by atoms with Crippen molar-refractivity contribution >= 4 is 11.8 Å². The normalized spacial score (nSPS) is 12.5. The van der Waals surface area contributed by atoms with Crippen molar-refractivity contribution in [3.8, 4) is 5.75 Å². The molecular formula is C12H19NOS. The molecule has 0 bridgehead atoms. The number of ether oxygens (including phenoxy) is 1. The van der Waals surface area contributed by atoms with Gasteiger partial charge in [0.15, 0.2) is 0 Å². The summed E-state index contributed by atoms with van der Waals surface area (Å²) in [6, 6.07) is 8.81. The molecule has 0 saturated carbocycles. The summed E-state index contributed by atoms with van der Waals surface area (Å²) in [7, 11) is 3.69.